The lowest BCUT2D eigenvalue weighted by molar-refractivity contribution is 0.103. The Kier molecular flexibility index (Phi) is 3.53. The Morgan fingerprint density at radius 2 is 1.43 bits per heavy atom. The van der Waals surface area contributed by atoms with Crippen LogP contribution in [0, 0.1) is 17.5 Å². The van der Waals surface area contributed by atoms with Crippen LogP contribution >= 0.6 is 0 Å². The van der Waals surface area contributed by atoms with Gasteiger partial charge in [0.25, 0.3) is 0 Å². The molecule has 0 saturated heterocycles. The van der Waals surface area contributed by atoms with E-state index in [0.717, 1.165) is 43.4 Å². The van der Waals surface area contributed by atoms with Gasteiger partial charge >= 0.3 is 0 Å². The first-order chi connectivity index (χ1) is 10.1. The average molecular weight is 290 g/mol. The van der Waals surface area contributed by atoms with Crippen LogP contribution in [0.1, 0.15) is 39.9 Å². The van der Waals surface area contributed by atoms with Gasteiger partial charge in [-0.05, 0) is 55.0 Å². The molecule has 0 radical (unpaired) electrons. The number of fused-ring (bicyclic) bond motifs is 1. The number of hydrogen-bond donors (Lipinski definition) is 0. The van der Waals surface area contributed by atoms with Crippen LogP contribution in [-0.2, 0) is 12.8 Å². The summed E-state index contributed by atoms with van der Waals surface area (Å²) >= 11 is 0. The first-order valence-corrected chi connectivity index (χ1v) is 6.87. The van der Waals surface area contributed by atoms with Crippen molar-refractivity contribution in [2.75, 3.05) is 0 Å². The number of rotatable bonds is 2. The van der Waals surface area contributed by atoms with Crippen LogP contribution < -0.4 is 0 Å². The van der Waals surface area contributed by atoms with Gasteiger partial charge in [0.1, 0.15) is 0 Å². The molecule has 0 aromatic heterocycles. The average Bonchev–Trinajstić information content (AvgIpc) is 2.51. The second kappa shape index (κ2) is 5.35. The van der Waals surface area contributed by atoms with Crippen LogP contribution in [-0.4, -0.2) is 5.78 Å². The third-order valence-electron chi connectivity index (χ3n) is 3.86. The summed E-state index contributed by atoms with van der Waals surface area (Å²) in [7, 11) is 0. The third kappa shape index (κ3) is 2.58. The smallest absolute Gasteiger partial charge is 0.194 e. The van der Waals surface area contributed by atoms with E-state index in [1.54, 1.807) is 12.1 Å². The molecule has 0 amide bonds. The van der Waals surface area contributed by atoms with E-state index in [-0.39, 0.29) is 5.56 Å². The number of carbonyl (C=O) groups is 1. The van der Waals surface area contributed by atoms with Gasteiger partial charge in [0.15, 0.2) is 23.2 Å². The molecule has 0 heterocycles. The Labute approximate surface area is 120 Å². The molecule has 0 bridgehead atoms. The lowest BCUT2D eigenvalue weighted by atomic mass is 9.89. The highest BCUT2D eigenvalue weighted by Crippen LogP contribution is 2.24. The summed E-state index contributed by atoms with van der Waals surface area (Å²) in [6.07, 6.45) is 4.10. The first-order valence-electron chi connectivity index (χ1n) is 6.87. The molecule has 1 aliphatic carbocycles. The summed E-state index contributed by atoms with van der Waals surface area (Å²) < 4.78 is 39.4. The summed E-state index contributed by atoms with van der Waals surface area (Å²) in [6, 6.07) is 6.79. The SMILES string of the molecule is O=C(c1cc(F)c(F)c(F)c1)c1ccc2c(c1)CCCC2. The lowest BCUT2D eigenvalue weighted by Gasteiger charge is -2.16. The van der Waals surface area contributed by atoms with Crippen LogP contribution in [0.2, 0.25) is 0 Å². The number of ketones is 1. The van der Waals surface area contributed by atoms with Gasteiger partial charge in [-0.15, -0.1) is 0 Å². The third-order valence-corrected chi connectivity index (χ3v) is 3.86. The van der Waals surface area contributed by atoms with Crippen molar-refractivity contribution in [3.63, 3.8) is 0 Å². The van der Waals surface area contributed by atoms with E-state index in [1.165, 1.54) is 5.56 Å². The molecular formula is C17H13F3O. The molecule has 0 fully saturated rings. The monoisotopic (exact) mass is 290 g/mol. The largest absolute Gasteiger partial charge is 0.289 e. The second-order valence-corrected chi connectivity index (χ2v) is 5.27. The molecule has 1 nitrogen and oxygen atoms in total. The second-order valence-electron chi connectivity index (χ2n) is 5.27. The zero-order valence-electron chi connectivity index (χ0n) is 11.3. The highest BCUT2D eigenvalue weighted by molar-refractivity contribution is 6.09. The van der Waals surface area contributed by atoms with E-state index in [1.807, 2.05) is 6.07 Å². The zero-order chi connectivity index (χ0) is 15.0. The number of carbonyl (C=O) groups excluding carboxylic acids is 1. The van der Waals surface area contributed by atoms with E-state index in [2.05, 4.69) is 0 Å². The molecule has 2 aromatic carbocycles. The summed E-state index contributed by atoms with van der Waals surface area (Å²) in [5, 5.41) is 0. The highest BCUT2D eigenvalue weighted by atomic mass is 19.2. The van der Waals surface area contributed by atoms with Crippen LogP contribution in [0.5, 0.6) is 0 Å². The minimum atomic E-state index is -1.56. The van der Waals surface area contributed by atoms with Crippen LogP contribution in [0.4, 0.5) is 13.2 Å². The van der Waals surface area contributed by atoms with Gasteiger partial charge < -0.3 is 0 Å². The Morgan fingerprint density at radius 1 is 0.810 bits per heavy atom. The van der Waals surface area contributed by atoms with Crippen molar-refractivity contribution in [2.45, 2.75) is 25.7 Å². The minimum Gasteiger partial charge on any atom is -0.289 e. The molecule has 21 heavy (non-hydrogen) atoms. The van der Waals surface area contributed by atoms with E-state index in [4.69, 9.17) is 0 Å². The van der Waals surface area contributed by atoms with Crippen molar-refractivity contribution >= 4 is 5.78 Å². The van der Waals surface area contributed by atoms with Gasteiger partial charge in [0.2, 0.25) is 0 Å². The van der Waals surface area contributed by atoms with E-state index >= 15 is 0 Å². The molecule has 0 atom stereocenters. The molecule has 108 valence electrons. The molecule has 3 rings (SSSR count). The summed E-state index contributed by atoms with van der Waals surface area (Å²) in [6.45, 7) is 0. The lowest BCUT2D eigenvalue weighted by Crippen LogP contribution is -2.08. The molecule has 0 N–H and O–H groups in total. The van der Waals surface area contributed by atoms with E-state index < -0.39 is 23.2 Å². The standard InChI is InChI=1S/C17H13F3O/c18-14-8-13(9-15(19)16(14)20)17(21)12-6-5-10-3-1-2-4-11(10)7-12/h5-9H,1-4H2. The van der Waals surface area contributed by atoms with Crippen molar-refractivity contribution in [2.24, 2.45) is 0 Å². The highest BCUT2D eigenvalue weighted by Gasteiger charge is 2.18. The van der Waals surface area contributed by atoms with Crippen molar-refractivity contribution in [1.29, 1.82) is 0 Å². The number of benzene rings is 2. The Hall–Kier alpha value is -2.10. The number of hydrogen-bond acceptors (Lipinski definition) is 1. The van der Waals surface area contributed by atoms with Crippen molar-refractivity contribution < 1.29 is 18.0 Å². The van der Waals surface area contributed by atoms with Gasteiger partial charge in [-0.25, -0.2) is 13.2 Å². The van der Waals surface area contributed by atoms with Gasteiger partial charge in [-0.2, -0.15) is 0 Å². The van der Waals surface area contributed by atoms with Gasteiger partial charge in [0.05, 0.1) is 0 Å². The van der Waals surface area contributed by atoms with Crippen LogP contribution in [0.15, 0.2) is 30.3 Å². The number of halogens is 3. The topological polar surface area (TPSA) is 17.1 Å². The van der Waals surface area contributed by atoms with Crippen LogP contribution in [0.25, 0.3) is 0 Å². The van der Waals surface area contributed by atoms with E-state index in [9.17, 15) is 18.0 Å². The zero-order valence-corrected chi connectivity index (χ0v) is 11.3. The van der Waals surface area contributed by atoms with E-state index in [0.29, 0.717) is 5.56 Å². The van der Waals surface area contributed by atoms with Gasteiger partial charge in [-0.1, -0.05) is 12.1 Å². The number of aryl methyl sites for hydroxylation is 2. The quantitative estimate of drug-likeness (QED) is 0.598. The molecule has 1 aliphatic rings. The Balaban J connectivity index is 1.99. The molecule has 0 aliphatic heterocycles. The van der Waals surface area contributed by atoms with Crippen molar-refractivity contribution in [3.8, 4) is 0 Å². The fourth-order valence-electron chi connectivity index (χ4n) is 2.73. The molecule has 2 aromatic rings. The predicted octanol–water partition coefficient (Wildman–Crippen LogP) is 4.21. The van der Waals surface area contributed by atoms with Crippen molar-refractivity contribution in [1.82, 2.24) is 0 Å². The minimum absolute atomic E-state index is 0.179. The molecule has 4 heteroatoms. The fourth-order valence-corrected chi connectivity index (χ4v) is 2.73. The summed E-state index contributed by atoms with van der Waals surface area (Å²) in [5.41, 5.74) is 2.52. The fraction of sp³-hybridized carbons (Fsp3) is 0.235. The molecule has 0 saturated carbocycles. The normalized spacial score (nSPS) is 13.9. The molecular weight excluding hydrogens is 277 g/mol. The maximum Gasteiger partial charge on any atom is 0.194 e. The van der Waals surface area contributed by atoms with Gasteiger partial charge in [-0.3, -0.25) is 4.79 Å². The Bertz CT molecular complexity index is 699. The molecule has 0 spiro atoms. The molecule has 0 unspecified atom stereocenters. The van der Waals surface area contributed by atoms with Crippen LogP contribution in [0.3, 0.4) is 0 Å². The van der Waals surface area contributed by atoms with Gasteiger partial charge in [0, 0.05) is 11.1 Å². The van der Waals surface area contributed by atoms with Crippen molar-refractivity contribution in [3.05, 3.63) is 70.0 Å². The maximum absolute atomic E-state index is 13.2. The maximum atomic E-state index is 13.2. The Morgan fingerprint density at radius 3 is 2.10 bits per heavy atom. The summed E-state index contributed by atoms with van der Waals surface area (Å²) in [5.74, 6) is -4.76. The first kappa shape index (κ1) is 13.9. The predicted molar refractivity (Wildman–Crippen MR) is 72.8 cm³/mol. The summed E-state index contributed by atoms with van der Waals surface area (Å²) in [4.78, 5) is 12.3.